The van der Waals surface area contributed by atoms with Gasteiger partial charge in [0.15, 0.2) is 5.78 Å². The van der Waals surface area contributed by atoms with Crippen LogP contribution < -0.4 is 21.5 Å². The Hall–Kier alpha value is -2.08. The summed E-state index contributed by atoms with van der Waals surface area (Å²) in [5, 5.41) is 0. The van der Waals surface area contributed by atoms with Gasteiger partial charge in [0.1, 0.15) is 6.54 Å². The Labute approximate surface area is 151 Å². The van der Waals surface area contributed by atoms with E-state index in [4.69, 9.17) is 0 Å². The fourth-order valence-electron chi connectivity index (χ4n) is 2.78. The molecule has 0 amide bonds. The molecule has 2 aromatic rings. The first-order chi connectivity index (χ1) is 10.7. The highest BCUT2D eigenvalue weighted by atomic mass is 79.9. The average Bonchev–Trinajstić information content (AvgIpc) is 2.80. The minimum atomic E-state index is -0.505. The summed E-state index contributed by atoms with van der Waals surface area (Å²) in [6, 6.07) is 6.80. The van der Waals surface area contributed by atoms with Crippen LogP contribution in [0.5, 0.6) is 0 Å². The minimum Gasteiger partial charge on any atom is -1.00 e. The molecule has 5 nitrogen and oxygen atoms in total. The van der Waals surface area contributed by atoms with E-state index in [-0.39, 0.29) is 40.9 Å². The maximum absolute atomic E-state index is 12.8. The zero-order chi connectivity index (χ0) is 16.9. The number of Topliss-reactive ketones (excluding diaryl/α,β-unsaturated/α-hetero) is 1. The monoisotopic (exact) mass is 390 g/mol. The highest BCUT2D eigenvalue weighted by molar-refractivity contribution is 6.26. The van der Waals surface area contributed by atoms with Crippen LogP contribution >= 0.6 is 0 Å². The molecule has 1 heterocycles. The molecule has 0 bridgehead atoms. The first kappa shape index (κ1) is 18.3. The molecule has 0 saturated heterocycles. The van der Waals surface area contributed by atoms with Crippen molar-refractivity contribution in [3.05, 3.63) is 53.1 Å². The topological polar surface area (TPSA) is 60.0 Å². The lowest BCUT2D eigenvalue weighted by molar-refractivity contribution is -0.672. The van der Waals surface area contributed by atoms with Crippen LogP contribution in [-0.2, 0) is 18.4 Å². The van der Waals surface area contributed by atoms with Crippen molar-refractivity contribution in [3.63, 3.8) is 0 Å². The van der Waals surface area contributed by atoms with Gasteiger partial charge in [-0.05, 0) is 0 Å². The number of carbonyl (C=O) groups excluding carboxylic acids is 3. The summed E-state index contributed by atoms with van der Waals surface area (Å²) < 4.78 is 3.22. The largest absolute Gasteiger partial charge is 1.00 e. The molecule has 1 aromatic heterocycles. The molecule has 1 aliphatic rings. The number of benzene rings is 1. The standard InChI is InChI=1S/C18H19N2O3.BrH/c1-18(2,3)13(21)9-20-10-19(4)14-15(20)17(23)12-8-6-5-7-11(12)16(14)22;/h5-8,10H,9H2,1-4H3;1H/q+1;/p-1. The van der Waals surface area contributed by atoms with Crippen molar-refractivity contribution < 1.29 is 35.9 Å². The molecule has 0 aliphatic heterocycles. The smallest absolute Gasteiger partial charge is 0.245 e. The van der Waals surface area contributed by atoms with Crippen molar-refractivity contribution in [2.75, 3.05) is 0 Å². The molecule has 0 radical (unpaired) electrons. The fourth-order valence-corrected chi connectivity index (χ4v) is 2.78. The number of ketones is 3. The first-order valence-electron chi connectivity index (χ1n) is 7.52. The van der Waals surface area contributed by atoms with E-state index in [1.807, 2.05) is 20.8 Å². The Balaban J connectivity index is 0.00000208. The lowest BCUT2D eigenvalue weighted by Crippen LogP contribution is -3.00. The van der Waals surface area contributed by atoms with Crippen molar-refractivity contribution in [2.45, 2.75) is 27.3 Å². The molecular weight excluding hydrogens is 372 g/mol. The number of fused-ring (bicyclic) bond motifs is 2. The van der Waals surface area contributed by atoms with Crippen LogP contribution in [0.15, 0.2) is 30.6 Å². The van der Waals surface area contributed by atoms with Crippen molar-refractivity contribution in [2.24, 2.45) is 12.5 Å². The number of nitrogens with zero attached hydrogens (tertiary/aromatic N) is 2. The van der Waals surface area contributed by atoms with E-state index >= 15 is 0 Å². The number of hydrogen-bond acceptors (Lipinski definition) is 3. The molecule has 0 N–H and O–H groups in total. The molecule has 0 atom stereocenters. The molecular formula is C18H19BrN2O3. The van der Waals surface area contributed by atoms with E-state index in [0.717, 1.165) is 0 Å². The molecule has 1 aromatic carbocycles. The van der Waals surface area contributed by atoms with E-state index in [1.54, 1.807) is 46.8 Å². The van der Waals surface area contributed by atoms with Gasteiger partial charge in [-0.1, -0.05) is 45.0 Å². The van der Waals surface area contributed by atoms with Crippen molar-refractivity contribution in [1.82, 2.24) is 4.57 Å². The molecule has 0 saturated carbocycles. The second-order valence-electron chi connectivity index (χ2n) is 6.93. The number of aromatic nitrogens is 2. The van der Waals surface area contributed by atoms with E-state index < -0.39 is 5.41 Å². The quantitative estimate of drug-likeness (QED) is 0.511. The Morgan fingerprint density at radius 1 is 1.08 bits per heavy atom. The van der Waals surface area contributed by atoms with Crippen LogP contribution in [0.2, 0.25) is 0 Å². The third-order valence-corrected chi connectivity index (χ3v) is 4.17. The van der Waals surface area contributed by atoms with E-state index in [9.17, 15) is 14.4 Å². The van der Waals surface area contributed by atoms with Gasteiger partial charge in [0, 0.05) is 16.5 Å². The van der Waals surface area contributed by atoms with Crippen LogP contribution in [0, 0.1) is 5.41 Å². The second-order valence-corrected chi connectivity index (χ2v) is 6.93. The predicted molar refractivity (Wildman–Crippen MR) is 83.4 cm³/mol. The van der Waals surface area contributed by atoms with Crippen molar-refractivity contribution >= 4 is 17.3 Å². The Morgan fingerprint density at radius 2 is 1.62 bits per heavy atom. The van der Waals surface area contributed by atoms with Crippen LogP contribution in [0.1, 0.15) is 52.9 Å². The van der Waals surface area contributed by atoms with Gasteiger partial charge >= 0.3 is 0 Å². The zero-order valence-electron chi connectivity index (χ0n) is 14.1. The summed E-state index contributed by atoms with van der Waals surface area (Å²) in [5.74, 6) is -0.382. The third kappa shape index (κ3) is 2.75. The summed E-state index contributed by atoms with van der Waals surface area (Å²) >= 11 is 0. The maximum atomic E-state index is 12.8. The zero-order valence-corrected chi connectivity index (χ0v) is 15.7. The molecule has 0 unspecified atom stereocenters. The normalized spacial score (nSPS) is 13.2. The van der Waals surface area contributed by atoms with E-state index in [2.05, 4.69) is 0 Å². The number of aryl methyl sites for hydroxylation is 1. The highest BCUT2D eigenvalue weighted by Crippen LogP contribution is 2.26. The number of halogens is 1. The summed E-state index contributed by atoms with van der Waals surface area (Å²) in [5.41, 5.74) is 0.952. The van der Waals surface area contributed by atoms with Gasteiger partial charge in [0.25, 0.3) is 0 Å². The molecule has 24 heavy (non-hydrogen) atoms. The van der Waals surface area contributed by atoms with E-state index in [1.165, 1.54) is 0 Å². The van der Waals surface area contributed by atoms with Crippen LogP contribution in [0.4, 0.5) is 0 Å². The van der Waals surface area contributed by atoms with Gasteiger partial charge in [-0.15, -0.1) is 0 Å². The van der Waals surface area contributed by atoms with Crippen LogP contribution in [0.25, 0.3) is 0 Å². The lowest BCUT2D eigenvalue weighted by atomic mass is 9.89. The first-order valence-corrected chi connectivity index (χ1v) is 7.52. The van der Waals surface area contributed by atoms with Crippen molar-refractivity contribution in [1.29, 1.82) is 0 Å². The van der Waals surface area contributed by atoms with Crippen LogP contribution in [0.3, 0.4) is 0 Å². The fraction of sp³-hybridized carbons (Fsp3) is 0.333. The van der Waals surface area contributed by atoms with E-state index in [0.29, 0.717) is 22.5 Å². The number of imidazole rings is 1. The Bertz CT molecular complexity index is 860. The summed E-state index contributed by atoms with van der Waals surface area (Å²) in [6.07, 6.45) is 1.65. The van der Waals surface area contributed by atoms with Crippen molar-refractivity contribution in [3.8, 4) is 0 Å². The summed E-state index contributed by atoms with van der Waals surface area (Å²) in [4.78, 5) is 37.9. The summed E-state index contributed by atoms with van der Waals surface area (Å²) in [7, 11) is 1.72. The number of carbonyl (C=O) groups is 3. The Kier molecular flexibility index (Phi) is 4.63. The van der Waals surface area contributed by atoms with Gasteiger partial charge in [-0.25, -0.2) is 9.13 Å². The van der Waals surface area contributed by atoms with Gasteiger partial charge < -0.3 is 17.0 Å². The highest BCUT2D eigenvalue weighted by Gasteiger charge is 2.41. The molecule has 1 aliphatic carbocycles. The predicted octanol–water partition coefficient (Wildman–Crippen LogP) is -1.29. The lowest BCUT2D eigenvalue weighted by Gasteiger charge is -2.16. The minimum absolute atomic E-state index is 0. The average molecular weight is 391 g/mol. The number of hydrogen-bond donors (Lipinski definition) is 0. The SMILES string of the molecule is C[n+]1cn(CC(=O)C(C)(C)C)c2c1C(=O)c1ccccc1C2=O.[Br-]. The maximum Gasteiger partial charge on any atom is 0.245 e. The van der Waals surface area contributed by atoms with Crippen LogP contribution in [-0.4, -0.2) is 21.9 Å². The van der Waals surface area contributed by atoms with Gasteiger partial charge in [-0.3, -0.25) is 14.4 Å². The van der Waals surface area contributed by atoms with Gasteiger partial charge in [0.05, 0.1) is 7.05 Å². The molecule has 126 valence electrons. The molecule has 0 fully saturated rings. The second kappa shape index (κ2) is 6.09. The number of rotatable bonds is 2. The van der Waals surface area contributed by atoms with Gasteiger partial charge in [0.2, 0.25) is 29.3 Å². The molecule has 3 rings (SSSR count). The summed E-state index contributed by atoms with van der Waals surface area (Å²) in [6.45, 7) is 5.60. The Morgan fingerprint density at radius 3 is 2.17 bits per heavy atom. The molecule has 0 spiro atoms. The van der Waals surface area contributed by atoms with Gasteiger partial charge in [-0.2, -0.15) is 0 Å². The molecule has 6 heteroatoms. The third-order valence-electron chi connectivity index (χ3n) is 4.17.